The molecule has 0 aromatic heterocycles. The fraction of sp³-hybridized carbons (Fsp3) is 0.500. The van der Waals surface area contributed by atoms with E-state index in [0.717, 1.165) is 13.4 Å². The van der Waals surface area contributed by atoms with Crippen LogP contribution >= 0.6 is 47.8 Å². The van der Waals surface area contributed by atoms with Crippen molar-refractivity contribution in [2.24, 2.45) is 0 Å². The first-order valence-electron chi connectivity index (χ1n) is 5.28. The minimum absolute atomic E-state index is 0.152. The average molecular weight is 447 g/mol. The molecule has 0 radical (unpaired) electrons. The van der Waals surface area contributed by atoms with Crippen LogP contribution in [0.1, 0.15) is 13.8 Å². The molecular formula is C12H15Br3O3. The summed E-state index contributed by atoms with van der Waals surface area (Å²) >= 11 is 10.2. The molecule has 0 aliphatic heterocycles. The largest absolute Gasteiger partial charge is 0.488 e. The Kier molecular flexibility index (Phi) is 6.12. The first-order chi connectivity index (χ1) is 8.27. The molecule has 0 aliphatic rings. The van der Waals surface area contributed by atoms with Crippen molar-refractivity contribution in [3.8, 4) is 5.75 Å². The van der Waals surface area contributed by atoms with Crippen molar-refractivity contribution in [1.82, 2.24) is 0 Å². The van der Waals surface area contributed by atoms with E-state index < -0.39 is 11.7 Å². The van der Waals surface area contributed by atoms with Crippen molar-refractivity contribution >= 4 is 47.8 Å². The molecule has 0 heterocycles. The fourth-order valence-electron chi connectivity index (χ4n) is 1.17. The quantitative estimate of drug-likeness (QED) is 0.738. The Hall–Kier alpha value is 0.380. The molecule has 1 unspecified atom stereocenters. The van der Waals surface area contributed by atoms with Gasteiger partial charge in [-0.15, -0.1) is 0 Å². The van der Waals surface area contributed by atoms with E-state index in [2.05, 4.69) is 47.8 Å². The third-order valence-electron chi connectivity index (χ3n) is 2.68. The number of halogens is 3. The number of rotatable bonds is 5. The standard InChI is InChI=1S/C12H15Br3O3/c1-12(2,17-3)10(16)6-18-11-8(14)4-7(13)5-9(11)15/h4-5,10,16H,6H2,1-3H3. The lowest BCUT2D eigenvalue weighted by atomic mass is 10.0. The predicted octanol–water partition coefficient (Wildman–Crippen LogP) is 4.14. The summed E-state index contributed by atoms with van der Waals surface area (Å²) in [4.78, 5) is 0. The molecule has 1 rings (SSSR count). The smallest absolute Gasteiger partial charge is 0.147 e. The highest BCUT2D eigenvalue weighted by Gasteiger charge is 2.28. The second-order valence-corrected chi connectivity index (χ2v) is 6.96. The van der Waals surface area contributed by atoms with Crippen molar-refractivity contribution in [2.45, 2.75) is 25.6 Å². The summed E-state index contributed by atoms with van der Waals surface area (Å²) < 4.78 is 13.4. The number of aliphatic hydroxyl groups is 1. The van der Waals surface area contributed by atoms with Crippen LogP contribution in [0.4, 0.5) is 0 Å². The van der Waals surface area contributed by atoms with Gasteiger partial charge < -0.3 is 14.6 Å². The molecule has 1 N–H and O–H groups in total. The second-order valence-electron chi connectivity index (χ2n) is 4.33. The highest BCUT2D eigenvalue weighted by molar-refractivity contribution is 9.11. The number of hydrogen-bond acceptors (Lipinski definition) is 3. The highest BCUT2D eigenvalue weighted by atomic mass is 79.9. The van der Waals surface area contributed by atoms with Crippen molar-refractivity contribution in [1.29, 1.82) is 0 Å². The van der Waals surface area contributed by atoms with Gasteiger partial charge in [0, 0.05) is 11.6 Å². The van der Waals surface area contributed by atoms with E-state index >= 15 is 0 Å². The summed E-state index contributed by atoms with van der Waals surface area (Å²) in [6.07, 6.45) is -0.718. The summed E-state index contributed by atoms with van der Waals surface area (Å²) in [5.74, 6) is 0.657. The molecule has 0 fully saturated rings. The van der Waals surface area contributed by atoms with E-state index in [4.69, 9.17) is 9.47 Å². The maximum Gasteiger partial charge on any atom is 0.147 e. The minimum atomic E-state index is -0.718. The van der Waals surface area contributed by atoms with Crippen LogP contribution in [-0.2, 0) is 4.74 Å². The summed E-state index contributed by atoms with van der Waals surface area (Å²) in [5, 5.41) is 9.98. The zero-order valence-corrected chi connectivity index (χ0v) is 15.1. The van der Waals surface area contributed by atoms with Crippen LogP contribution in [0.15, 0.2) is 25.6 Å². The molecule has 0 amide bonds. The predicted molar refractivity (Wildman–Crippen MR) is 82.1 cm³/mol. The normalized spacial score (nSPS) is 13.5. The van der Waals surface area contributed by atoms with Crippen LogP contribution in [0.3, 0.4) is 0 Å². The molecular weight excluding hydrogens is 432 g/mol. The lowest BCUT2D eigenvalue weighted by molar-refractivity contribution is -0.0916. The van der Waals surface area contributed by atoms with E-state index in [1.165, 1.54) is 0 Å². The van der Waals surface area contributed by atoms with Crippen molar-refractivity contribution in [2.75, 3.05) is 13.7 Å². The lowest BCUT2D eigenvalue weighted by Gasteiger charge is -2.29. The summed E-state index contributed by atoms with van der Waals surface area (Å²) in [5.41, 5.74) is -0.645. The van der Waals surface area contributed by atoms with Crippen LogP contribution < -0.4 is 4.74 Å². The summed E-state index contributed by atoms with van der Waals surface area (Å²) in [6, 6.07) is 3.77. The Morgan fingerprint density at radius 3 is 2.17 bits per heavy atom. The third kappa shape index (κ3) is 4.20. The SMILES string of the molecule is COC(C)(C)C(O)COc1c(Br)cc(Br)cc1Br. The Morgan fingerprint density at radius 2 is 1.72 bits per heavy atom. The van der Waals surface area contributed by atoms with Gasteiger partial charge in [0.2, 0.25) is 0 Å². The van der Waals surface area contributed by atoms with Gasteiger partial charge in [-0.3, -0.25) is 0 Å². The number of methoxy groups -OCH3 is 1. The first kappa shape index (κ1) is 16.4. The second kappa shape index (κ2) is 6.70. The van der Waals surface area contributed by atoms with Gasteiger partial charge in [-0.1, -0.05) is 15.9 Å². The maximum atomic E-state index is 9.98. The Labute approximate surface area is 132 Å². The van der Waals surface area contributed by atoms with Crippen LogP contribution in [0.25, 0.3) is 0 Å². The zero-order chi connectivity index (χ0) is 13.9. The van der Waals surface area contributed by atoms with Crippen LogP contribution in [0.2, 0.25) is 0 Å². The van der Waals surface area contributed by atoms with Gasteiger partial charge in [-0.05, 0) is 57.8 Å². The third-order valence-corrected chi connectivity index (χ3v) is 4.31. The first-order valence-corrected chi connectivity index (χ1v) is 7.66. The van der Waals surface area contributed by atoms with Gasteiger partial charge in [0.25, 0.3) is 0 Å². The zero-order valence-electron chi connectivity index (χ0n) is 10.3. The van der Waals surface area contributed by atoms with E-state index in [-0.39, 0.29) is 6.61 Å². The molecule has 6 heteroatoms. The molecule has 0 aliphatic carbocycles. The molecule has 1 aromatic rings. The summed E-state index contributed by atoms with van der Waals surface area (Å²) in [6.45, 7) is 3.78. The van der Waals surface area contributed by atoms with Gasteiger partial charge >= 0.3 is 0 Å². The van der Waals surface area contributed by atoms with Gasteiger partial charge in [0.05, 0.1) is 14.5 Å². The molecule has 18 heavy (non-hydrogen) atoms. The monoisotopic (exact) mass is 444 g/mol. The van der Waals surface area contributed by atoms with Crippen LogP contribution in [0.5, 0.6) is 5.75 Å². The molecule has 3 nitrogen and oxygen atoms in total. The van der Waals surface area contributed by atoms with Gasteiger partial charge in [0.15, 0.2) is 0 Å². The van der Waals surface area contributed by atoms with Gasteiger partial charge in [-0.2, -0.15) is 0 Å². The fourth-order valence-corrected chi connectivity index (χ4v) is 3.65. The van der Waals surface area contributed by atoms with Crippen molar-refractivity contribution in [3.05, 3.63) is 25.6 Å². The van der Waals surface area contributed by atoms with Gasteiger partial charge in [-0.25, -0.2) is 0 Å². The van der Waals surface area contributed by atoms with Crippen LogP contribution in [-0.4, -0.2) is 30.5 Å². The maximum absolute atomic E-state index is 9.98. The highest BCUT2D eigenvalue weighted by Crippen LogP contribution is 2.36. The Balaban J connectivity index is 2.76. The molecule has 102 valence electrons. The Bertz CT molecular complexity index is 398. The van der Waals surface area contributed by atoms with E-state index in [9.17, 15) is 5.11 Å². The molecule has 0 bridgehead atoms. The molecule has 1 aromatic carbocycles. The van der Waals surface area contributed by atoms with Crippen molar-refractivity contribution in [3.63, 3.8) is 0 Å². The Morgan fingerprint density at radius 1 is 1.22 bits per heavy atom. The summed E-state index contributed by atoms with van der Waals surface area (Å²) in [7, 11) is 1.56. The van der Waals surface area contributed by atoms with Crippen LogP contribution in [0, 0.1) is 0 Å². The molecule has 0 spiro atoms. The number of hydrogen-bond donors (Lipinski definition) is 1. The molecule has 0 saturated heterocycles. The topological polar surface area (TPSA) is 38.7 Å². The average Bonchev–Trinajstić information content (AvgIpc) is 2.27. The van der Waals surface area contributed by atoms with E-state index in [1.807, 2.05) is 26.0 Å². The van der Waals surface area contributed by atoms with E-state index in [0.29, 0.717) is 5.75 Å². The molecule has 1 atom stereocenters. The lowest BCUT2D eigenvalue weighted by Crippen LogP contribution is -2.42. The number of benzene rings is 1. The molecule has 0 saturated carbocycles. The van der Waals surface area contributed by atoms with Crippen molar-refractivity contribution < 1.29 is 14.6 Å². The number of ether oxygens (including phenoxy) is 2. The minimum Gasteiger partial charge on any atom is -0.488 e. The van der Waals surface area contributed by atoms with E-state index in [1.54, 1.807) is 7.11 Å². The van der Waals surface area contributed by atoms with Gasteiger partial charge in [0.1, 0.15) is 18.5 Å². The number of aliphatic hydroxyl groups excluding tert-OH is 1.